The summed E-state index contributed by atoms with van der Waals surface area (Å²) in [5.41, 5.74) is 0.617. The zero-order chi connectivity index (χ0) is 12.2. The lowest BCUT2D eigenvalue weighted by Crippen LogP contribution is -2.10. The fourth-order valence-electron chi connectivity index (χ4n) is 1.24. The van der Waals surface area contributed by atoms with E-state index in [0.29, 0.717) is 18.0 Å². The van der Waals surface area contributed by atoms with Crippen LogP contribution >= 0.6 is 11.3 Å². The van der Waals surface area contributed by atoms with Crippen LogP contribution in [0, 0.1) is 0 Å². The minimum atomic E-state index is -3.12. The summed E-state index contributed by atoms with van der Waals surface area (Å²) in [6.45, 7) is 3.97. The van der Waals surface area contributed by atoms with Gasteiger partial charge in [-0.15, -0.1) is 11.3 Å². The van der Waals surface area contributed by atoms with Gasteiger partial charge in [0.25, 0.3) is 0 Å². The van der Waals surface area contributed by atoms with Gasteiger partial charge in [0.15, 0.2) is 9.84 Å². The van der Waals surface area contributed by atoms with Crippen LogP contribution < -0.4 is 0 Å². The van der Waals surface area contributed by atoms with E-state index >= 15 is 0 Å². The summed E-state index contributed by atoms with van der Waals surface area (Å²) in [6, 6.07) is 0. The second-order valence-electron chi connectivity index (χ2n) is 4.00. The molecule has 0 bridgehead atoms. The molecule has 1 aromatic rings. The Hall–Kier alpha value is -0.460. The third kappa shape index (κ3) is 4.19. The van der Waals surface area contributed by atoms with E-state index in [4.69, 9.17) is 5.11 Å². The lowest BCUT2D eigenvalue weighted by Gasteiger charge is -2.00. The Morgan fingerprint density at radius 3 is 2.69 bits per heavy atom. The van der Waals surface area contributed by atoms with Gasteiger partial charge in [0.05, 0.1) is 22.2 Å². The molecule has 1 N–H and O–H groups in total. The molecule has 0 radical (unpaired) electrons. The van der Waals surface area contributed by atoms with E-state index in [1.54, 1.807) is 5.38 Å². The van der Waals surface area contributed by atoms with Gasteiger partial charge in [0.1, 0.15) is 0 Å². The fourth-order valence-corrected chi connectivity index (χ4v) is 3.49. The molecule has 0 aliphatic heterocycles. The molecule has 0 unspecified atom stereocenters. The van der Waals surface area contributed by atoms with Crippen LogP contribution in [-0.4, -0.2) is 30.9 Å². The molecule has 92 valence electrons. The number of aliphatic hydroxyl groups is 1. The summed E-state index contributed by atoms with van der Waals surface area (Å²) in [7, 11) is -3.12. The molecule has 1 aromatic heterocycles. The molecular weight excluding hydrogens is 246 g/mol. The molecule has 4 nitrogen and oxygen atoms in total. The standard InChI is InChI=1S/C10H17NO3S2/c1-8(2)10-11-9(6-15-10)7-16(13,14)5-3-4-12/h6,8,12H,3-5,7H2,1-2H3. The van der Waals surface area contributed by atoms with Crippen molar-refractivity contribution in [3.8, 4) is 0 Å². The highest BCUT2D eigenvalue weighted by Crippen LogP contribution is 2.20. The van der Waals surface area contributed by atoms with Crippen LogP contribution in [0.1, 0.15) is 36.9 Å². The van der Waals surface area contributed by atoms with E-state index < -0.39 is 9.84 Å². The number of nitrogens with zero attached hydrogens (tertiary/aromatic N) is 1. The topological polar surface area (TPSA) is 67.3 Å². The number of aliphatic hydroxyl groups excluding tert-OH is 1. The van der Waals surface area contributed by atoms with Crippen LogP contribution in [0.15, 0.2) is 5.38 Å². The summed E-state index contributed by atoms with van der Waals surface area (Å²) in [5.74, 6) is 0.341. The molecule has 0 spiro atoms. The van der Waals surface area contributed by atoms with Crippen LogP contribution in [0.25, 0.3) is 0 Å². The van der Waals surface area contributed by atoms with Crippen LogP contribution in [-0.2, 0) is 15.6 Å². The van der Waals surface area contributed by atoms with Gasteiger partial charge in [0.2, 0.25) is 0 Å². The summed E-state index contributed by atoms with van der Waals surface area (Å²) in [4.78, 5) is 4.28. The quantitative estimate of drug-likeness (QED) is 0.846. The molecule has 1 heterocycles. The van der Waals surface area contributed by atoms with Gasteiger partial charge in [0, 0.05) is 17.9 Å². The molecule has 0 saturated heterocycles. The first-order valence-electron chi connectivity index (χ1n) is 5.20. The molecule has 0 atom stereocenters. The average molecular weight is 263 g/mol. The van der Waals surface area contributed by atoms with Crippen molar-refractivity contribution in [2.45, 2.75) is 31.9 Å². The van der Waals surface area contributed by atoms with Crippen molar-refractivity contribution in [3.63, 3.8) is 0 Å². The van der Waals surface area contributed by atoms with Crippen molar-refractivity contribution in [3.05, 3.63) is 16.1 Å². The molecule has 0 aliphatic rings. The predicted octanol–water partition coefficient (Wildman–Crippen LogP) is 1.56. The van der Waals surface area contributed by atoms with Gasteiger partial charge in [-0.25, -0.2) is 13.4 Å². The van der Waals surface area contributed by atoms with Crippen molar-refractivity contribution in [2.75, 3.05) is 12.4 Å². The van der Waals surface area contributed by atoms with Gasteiger partial charge in [-0.05, 0) is 6.42 Å². The van der Waals surface area contributed by atoms with E-state index in [1.807, 2.05) is 13.8 Å². The lowest BCUT2D eigenvalue weighted by molar-refractivity contribution is 0.295. The van der Waals surface area contributed by atoms with Crippen molar-refractivity contribution in [2.24, 2.45) is 0 Å². The maximum atomic E-state index is 11.6. The first-order chi connectivity index (χ1) is 7.44. The predicted molar refractivity (Wildman–Crippen MR) is 65.4 cm³/mol. The Morgan fingerprint density at radius 2 is 2.19 bits per heavy atom. The highest BCUT2D eigenvalue weighted by atomic mass is 32.2. The van der Waals surface area contributed by atoms with Crippen molar-refractivity contribution >= 4 is 21.2 Å². The highest BCUT2D eigenvalue weighted by Gasteiger charge is 2.14. The van der Waals surface area contributed by atoms with Gasteiger partial charge < -0.3 is 5.11 Å². The van der Waals surface area contributed by atoms with Gasteiger partial charge in [-0.1, -0.05) is 13.8 Å². The Kier molecular flexibility index (Phi) is 4.89. The molecule has 16 heavy (non-hydrogen) atoms. The van der Waals surface area contributed by atoms with Crippen molar-refractivity contribution in [1.82, 2.24) is 4.98 Å². The van der Waals surface area contributed by atoms with Gasteiger partial charge in [-0.2, -0.15) is 0 Å². The van der Waals surface area contributed by atoms with Crippen molar-refractivity contribution in [1.29, 1.82) is 0 Å². The molecule has 0 aliphatic carbocycles. The zero-order valence-electron chi connectivity index (χ0n) is 9.51. The molecule has 0 aromatic carbocycles. The lowest BCUT2D eigenvalue weighted by atomic mass is 10.2. The zero-order valence-corrected chi connectivity index (χ0v) is 11.1. The number of hydrogen-bond donors (Lipinski definition) is 1. The van der Waals surface area contributed by atoms with Crippen LogP contribution in [0.3, 0.4) is 0 Å². The molecule has 6 heteroatoms. The summed E-state index contributed by atoms with van der Waals surface area (Å²) in [5, 5.41) is 11.4. The highest BCUT2D eigenvalue weighted by molar-refractivity contribution is 7.90. The van der Waals surface area contributed by atoms with E-state index in [1.165, 1.54) is 11.3 Å². The summed E-state index contributed by atoms with van der Waals surface area (Å²) >= 11 is 1.50. The summed E-state index contributed by atoms with van der Waals surface area (Å²) in [6.07, 6.45) is 0.295. The van der Waals surface area contributed by atoms with Crippen LogP contribution in [0.5, 0.6) is 0 Å². The molecule has 0 saturated carbocycles. The second-order valence-corrected chi connectivity index (χ2v) is 7.07. The Bertz CT molecular complexity index is 423. The normalized spacial score (nSPS) is 12.2. The smallest absolute Gasteiger partial charge is 0.156 e. The minimum Gasteiger partial charge on any atom is -0.396 e. The second kappa shape index (κ2) is 5.75. The van der Waals surface area contributed by atoms with Crippen LogP contribution in [0.2, 0.25) is 0 Å². The van der Waals surface area contributed by atoms with E-state index in [-0.39, 0.29) is 18.1 Å². The Balaban J connectivity index is 2.65. The molecule has 0 amide bonds. The number of thiazole rings is 1. The molecular formula is C10H17NO3S2. The molecule has 0 fully saturated rings. The Morgan fingerprint density at radius 1 is 1.50 bits per heavy atom. The molecule has 1 rings (SSSR count). The van der Waals surface area contributed by atoms with Crippen molar-refractivity contribution < 1.29 is 13.5 Å². The number of sulfone groups is 1. The maximum Gasteiger partial charge on any atom is 0.156 e. The minimum absolute atomic E-state index is 0.0176. The largest absolute Gasteiger partial charge is 0.396 e. The van der Waals surface area contributed by atoms with Gasteiger partial charge >= 0.3 is 0 Å². The maximum absolute atomic E-state index is 11.6. The number of hydrogen-bond acceptors (Lipinski definition) is 5. The number of rotatable bonds is 6. The average Bonchev–Trinajstić information content (AvgIpc) is 2.62. The van der Waals surface area contributed by atoms with E-state index in [2.05, 4.69) is 4.98 Å². The summed E-state index contributed by atoms with van der Waals surface area (Å²) < 4.78 is 23.2. The third-order valence-corrected chi connectivity index (χ3v) is 4.89. The van der Waals surface area contributed by atoms with E-state index in [0.717, 1.165) is 5.01 Å². The third-order valence-electron chi connectivity index (χ3n) is 2.04. The monoisotopic (exact) mass is 263 g/mol. The first-order valence-corrected chi connectivity index (χ1v) is 7.90. The SMILES string of the molecule is CC(C)c1nc(CS(=O)(=O)CCCO)cs1. The van der Waals surface area contributed by atoms with E-state index in [9.17, 15) is 8.42 Å². The Labute approximate surface area is 100 Å². The number of aromatic nitrogens is 1. The van der Waals surface area contributed by atoms with Crippen LogP contribution in [0.4, 0.5) is 0 Å². The fraction of sp³-hybridized carbons (Fsp3) is 0.700. The first kappa shape index (κ1) is 13.6. The van der Waals surface area contributed by atoms with Gasteiger partial charge in [-0.3, -0.25) is 0 Å².